The first-order valence-electron chi connectivity index (χ1n) is 8.72. The van der Waals surface area contributed by atoms with Gasteiger partial charge in [0, 0.05) is 11.6 Å². The molecule has 2 unspecified atom stereocenters. The Labute approximate surface area is 166 Å². The van der Waals surface area contributed by atoms with Gasteiger partial charge >= 0.3 is 0 Å². The quantitative estimate of drug-likeness (QED) is 0.624. The Morgan fingerprint density at radius 1 is 1.24 bits per heavy atom. The summed E-state index contributed by atoms with van der Waals surface area (Å²) >= 11 is 0. The smallest absolute Gasteiger partial charge is 0.267 e. The lowest BCUT2D eigenvalue weighted by Crippen LogP contribution is -2.43. The molecule has 2 atom stereocenters. The second-order valence-electron chi connectivity index (χ2n) is 6.43. The number of rotatable bonds is 6. The third-order valence-corrected chi connectivity index (χ3v) is 6.02. The number of nitrogens with one attached hydrogen (secondary N) is 1. The van der Waals surface area contributed by atoms with Crippen LogP contribution in [0.15, 0.2) is 63.1 Å². The zero-order valence-electron chi connectivity index (χ0n) is 15.4. The number of methoxy groups -OCH3 is 1. The van der Waals surface area contributed by atoms with Crippen LogP contribution in [0.2, 0.25) is 0 Å². The Morgan fingerprint density at radius 2 is 2.10 bits per heavy atom. The molecule has 4 rings (SSSR count). The van der Waals surface area contributed by atoms with Crippen LogP contribution < -0.4 is 15.0 Å². The monoisotopic (exact) mass is 418 g/mol. The molecule has 1 saturated heterocycles. The standard InChI is InChI=1S/C18H18N4O6S/c1-26-13-4-2-3-12(7-13)15-5-6-18(23)22(20-15)17-11-27-10-16(17)21-29(24,25)14-8-19-28-9-14/h2-9,16-17,21H,10-11H2,1H3. The van der Waals surface area contributed by atoms with Crippen LogP contribution in [0.1, 0.15) is 6.04 Å². The van der Waals surface area contributed by atoms with Crippen LogP contribution >= 0.6 is 0 Å². The molecule has 1 N–H and O–H groups in total. The first kappa shape index (κ1) is 19.3. The van der Waals surface area contributed by atoms with Gasteiger partial charge in [0.2, 0.25) is 10.0 Å². The third-order valence-electron chi connectivity index (χ3n) is 4.58. The van der Waals surface area contributed by atoms with E-state index in [0.717, 1.165) is 18.0 Å². The van der Waals surface area contributed by atoms with Gasteiger partial charge in [-0.3, -0.25) is 4.79 Å². The van der Waals surface area contributed by atoms with Crippen LogP contribution in [0.4, 0.5) is 0 Å². The molecule has 0 amide bonds. The van der Waals surface area contributed by atoms with Gasteiger partial charge in [-0.15, -0.1) is 0 Å². The van der Waals surface area contributed by atoms with Crippen LogP contribution in [0.3, 0.4) is 0 Å². The van der Waals surface area contributed by atoms with Crippen molar-refractivity contribution in [3.8, 4) is 17.0 Å². The fraction of sp³-hybridized carbons (Fsp3) is 0.278. The minimum absolute atomic E-state index is 0.103. The summed E-state index contributed by atoms with van der Waals surface area (Å²) in [4.78, 5) is 12.4. The molecule has 0 spiro atoms. The summed E-state index contributed by atoms with van der Waals surface area (Å²) in [5.41, 5.74) is 0.955. The van der Waals surface area contributed by atoms with Crippen molar-refractivity contribution < 1.29 is 22.4 Å². The molecule has 3 heterocycles. The van der Waals surface area contributed by atoms with Gasteiger partial charge in [-0.1, -0.05) is 17.3 Å². The Balaban J connectivity index is 1.65. The molecule has 3 aromatic rings. The second kappa shape index (κ2) is 7.78. The highest BCUT2D eigenvalue weighted by Crippen LogP contribution is 2.24. The topological polar surface area (TPSA) is 126 Å². The summed E-state index contributed by atoms with van der Waals surface area (Å²) in [7, 11) is -2.31. The highest BCUT2D eigenvalue weighted by molar-refractivity contribution is 7.89. The van der Waals surface area contributed by atoms with Gasteiger partial charge in [0.1, 0.15) is 16.9 Å². The molecule has 1 fully saturated rings. The molecule has 0 saturated carbocycles. The van der Waals surface area contributed by atoms with Crippen LogP contribution in [0.25, 0.3) is 11.3 Å². The Kier molecular flexibility index (Phi) is 5.18. The largest absolute Gasteiger partial charge is 0.497 e. The van der Waals surface area contributed by atoms with Crippen molar-refractivity contribution >= 4 is 10.0 Å². The maximum Gasteiger partial charge on any atom is 0.267 e. The van der Waals surface area contributed by atoms with Crippen molar-refractivity contribution in [2.75, 3.05) is 20.3 Å². The molecule has 1 aliphatic heterocycles. The van der Waals surface area contributed by atoms with Crippen molar-refractivity contribution in [1.29, 1.82) is 0 Å². The van der Waals surface area contributed by atoms with E-state index in [9.17, 15) is 13.2 Å². The summed E-state index contributed by atoms with van der Waals surface area (Å²) < 4.78 is 44.0. The summed E-state index contributed by atoms with van der Waals surface area (Å²) in [5.74, 6) is 0.658. The van der Waals surface area contributed by atoms with Crippen LogP contribution in [0.5, 0.6) is 5.75 Å². The number of hydrogen-bond donors (Lipinski definition) is 1. The summed E-state index contributed by atoms with van der Waals surface area (Å²) in [5, 5.41) is 7.86. The van der Waals surface area contributed by atoms with E-state index in [0.29, 0.717) is 11.4 Å². The van der Waals surface area contributed by atoms with Gasteiger partial charge in [0.15, 0.2) is 0 Å². The van der Waals surface area contributed by atoms with Gasteiger partial charge < -0.3 is 14.0 Å². The Bertz CT molecular complexity index is 1160. The van der Waals surface area contributed by atoms with E-state index >= 15 is 0 Å². The lowest BCUT2D eigenvalue weighted by Gasteiger charge is -2.20. The molecule has 1 aromatic carbocycles. The van der Waals surface area contributed by atoms with Crippen LogP contribution in [0, 0.1) is 0 Å². The van der Waals surface area contributed by atoms with E-state index in [1.165, 1.54) is 10.7 Å². The van der Waals surface area contributed by atoms with Crippen LogP contribution in [-0.4, -0.2) is 49.7 Å². The van der Waals surface area contributed by atoms with Crippen molar-refractivity contribution in [2.45, 2.75) is 17.0 Å². The molecule has 152 valence electrons. The molecule has 10 nitrogen and oxygen atoms in total. The van der Waals surface area contributed by atoms with Gasteiger partial charge in [0.25, 0.3) is 5.56 Å². The molecule has 11 heteroatoms. The number of sulfonamides is 1. The van der Waals surface area contributed by atoms with Gasteiger partial charge in [0.05, 0.1) is 44.3 Å². The fourth-order valence-electron chi connectivity index (χ4n) is 3.09. The molecule has 0 aliphatic carbocycles. The van der Waals surface area contributed by atoms with Crippen molar-refractivity contribution in [2.24, 2.45) is 0 Å². The Hall–Kier alpha value is -3.02. The fourth-order valence-corrected chi connectivity index (χ4v) is 4.20. The second-order valence-corrected chi connectivity index (χ2v) is 8.14. The number of nitrogens with zero attached hydrogens (tertiary/aromatic N) is 3. The molecule has 29 heavy (non-hydrogen) atoms. The van der Waals surface area contributed by atoms with Gasteiger partial charge in [-0.05, 0) is 18.2 Å². The van der Waals surface area contributed by atoms with E-state index in [2.05, 4.69) is 19.5 Å². The SMILES string of the molecule is COc1cccc(-c2ccc(=O)n(C3COCC3NS(=O)(=O)c3cnoc3)n2)c1. The number of ether oxygens (including phenoxy) is 2. The van der Waals surface area contributed by atoms with Crippen molar-refractivity contribution in [3.63, 3.8) is 0 Å². The molecule has 2 aromatic heterocycles. The summed E-state index contributed by atoms with van der Waals surface area (Å²) in [6.07, 6.45) is 2.13. The molecular weight excluding hydrogens is 400 g/mol. The van der Waals surface area contributed by atoms with E-state index in [-0.39, 0.29) is 23.7 Å². The first-order chi connectivity index (χ1) is 14.0. The van der Waals surface area contributed by atoms with Gasteiger partial charge in [-0.25, -0.2) is 17.8 Å². The predicted molar refractivity (Wildman–Crippen MR) is 101 cm³/mol. The zero-order chi connectivity index (χ0) is 20.4. The lowest BCUT2D eigenvalue weighted by molar-refractivity contribution is 0.182. The van der Waals surface area contributed by atoms with Crippen molar-refractivity contribution in [3.05, 3.63) is 59.2 Å². The lowest BCUT2D eigenvalue weighted by atomic mass is 10.1. The van der Waals surface area contributed by atoms with E-state index in [1.54, 1.807) is 25.3 Å². The van der Waals surface area contributed by atoms with E-state index in [4.69, 9.17) is 9.47 Å². The minimum atomic E-state index is -3.87. The molecule has 1 aliphatic rings. The predicted octanol–water partition coefficient (Wildman–Crippen LogP) is 0.825. The molecule has 0 bridgehead atoms. The first-order valence-corrected chi connectivity index (χ1v) is 10.2. The minimum Gasteiger partial charge on any atom is -0.497 e. The number of benzene rings is 1. The normalized spacial score (nSPS) is 19.3. The maximum absolute atomic E-state index is 12.5. The highest BCUT2D eigenvalue weighted by atomic mass is 32.2. The van der Waals surface area contributed by atoms with Gasteiger partial charge in [-0.2, -0.15) is 5.10 Å². The summed E-state index contributed by atoms with van der Waals surface area (Å²) in [6, 6.07) is 8.99. The average molecular weight is 418 g/mol. The zero-order valence-corrected chi connectivity index (χ0v) is 16.2. The van der Waals surface area contributed by atoms with Crippen molar-refractivity contribution in [1.82, 2.24) is 19.7 Å². The Morgan fingerprint density at radius 3 is 2.86 bits per heavy atom. The van der Waals surface area contributed by atoms with E-state index in [1.807, 2.05) is 12.1 Å². The molecule has 0 radical (unpaired) electrons. The van der Waals surface area contributed by atoms with E-state index < -0.39 is 22.1 Å². The highest BCUT2D eigenvalue weighted by Gasteiger charge is 2.35. The maximum atomic E-state index is 12.5. The number of aromatic nitrogens is 3. The van der Waals surface area contributed by atoms with Crippen LogP contribution in [-0.2, 0) is 14.8 Å². The summed E-state index contributed by atoms with van der Waals surface area (Å²) in [6.45, 7) is 0.248. The third kappa shape index (κ3) is 3.92. The average Bonchev–Trinajstić information content (AvgIpc) is 3.41. The molecular formula is C18H18N4O6S. The number of hydrogen-bond acceptors (Lipinski definition) is 8.